The first-order chi connectivity index (χ1) is 11.7. The molecule has 6 nitrogen and oxygen atoms in total. The smallest absolute Gasteiger partial charge is 0.406 e. The molecule has 132 valence electrons. The summed E-state index contributed by atoms with van der Waals surface area (Å²) in [7, 11) is 1.56. The Balaban J connectivity index is 2.21. The minimum absolute atomic E-state index is 0.0284. The van der Waals surface area contributed by atoms with Crippen LogP contribution in [-0.4, -0.2) is 44.4 Å². The molecule has 3 rings (SSSR count). The number of fused-ring (bicyclic) bond motifs is 1. The van der Waals surface area contributed by atoms with Gasteiger partial charge in [-0.2, -0.15) is 18.3 Å². The van der Waals surface area contributed by atoms with Crippen LogP contribution in [0.5, 0.6) is 0 Å². The maximum absolute atomic E-state index is 13.0. The van der Waals surface area contributed by atoms with Crippen LogP contribution in [0.1, 0.15) is 33.4 Å². The van der Waals surface area contributed by atoms with E-state index in [4.69, 9.17) is 0 Å². The number of aromatic nitrogens is 2. The zero-order chi connectivity index (χ0) is 18.4. The van der Waals surface area contributed by atoms with Gasteiger partial charge in [0.05, 0.1) is 12.2 Å². The first-order valence-corrected chi connectivity index (χ1v) is 7.37. The number of rotatable bonds is 3. The summed E-state index contributed by atoms with van der Waals surface area (Å²) in [6, 6.07) is 4.56. The highest BCUT2D eigenvalue weighted by atomic mass is 19.4. The van der Waals surface area contributed by atoms with Gasteiger partial charge in [0.25, 0.3) is 5.91 Å². The van der Waals surface area contributed by atoms with E-state index in [1.165, 1.54) is 35.3 Å². The highest BCUT2D eigenvalue weighted by Crippen LogP contribution is 2.43. The summed E-state index contributed by atoms with van der Waals surface area (Å²) in [4.78, 5) is 25.1. The summed E-state index contributed by atoms with van der Waals surface area (Å²) in [5.41, 5.74) is 0.411. The Bertz CT molecular complexity index is 831. The lowest BCUT2D eigenvalue weighted by atomic mass is 9.80. The second kappa shape index (κ2) is 5.91. The Morgan fingerprint density at radius 1 is 1.32 bits per heavy atom. The van der Waals surface area contributed by atoms with E-state index >= 15 is 0 Å². The summed E-state index contributed by atoms with van der Waals surface area (Å²) in [5, 5.41) is 13.6. The number of amides is 1. The fourth-order valence-corrected chi connectivity index (χ4v) is 3.19. The van der Waals surface area contributed by atoms with E-state index in [-0.39, 0.29) is 16.7 Å². The van der Waals surface area contributed by atoms with Gasteiger partial charge >= 0.3 is 12.1 Å². The van der Waals surface area contributed by atoms with E-state index in [0.29, 0.717) is 4.90 Å². The second-order valence-corrected chi connectivity index (χ2v) is 5.84. The molecule has 0 aliphatic carbocycles. The van der Waals surface area contributed by atoms with Gasteiger partial charge in [0.2, 0.25) is 0 Å². The molecule has 0 saturated carbocycles. The quantitative estimate of drug-likeness (QED) is 0.919. The SMILES string of the molecule is Cn1cc(C2C(C(=O)O)c3ccccc3C(=O)N2CC(F)(F)F)cn1. The third-order valence-electron chi connectivity index (χ3n) is 4.12. The third-order valence-corrected chi connectivity index (χ3v) is 4.12. The van der Waals surface area contributed by atoms with Gasteiger partial charge in [-0.3, -0.25) is 14.3 Å². The summed E-state index contributed by atoms with van der Waals surface area (Å²) < 4.78 is 40.5. The van der Waals surface area contributed by atoms with Crippen molar-refractivity contribution in [3.63, 3.8) is 0 Å². The number of aryl methyl sites for hydroxylation is 1. The van der Waals surface area contributed by atoms with Gasteiger partial charge in [-0.15, -0.1) is 0 Å². The molecule has 0 spiro atoms. The van der Waals surface area contributed by atoms with Crippen molar-refractivity contribution in [1.29, 1.82) is 0 Å². The van der Waals surface area contributed by atoms with Gasteiger partial charge in [0, 0.05) is 24.4 Å². The summed E-state index contributed by atoms with van der Waals surface area (Å²) in [6.07, 6.45) is -1.96. The third kappa shape index (κ3) is 3.09. The number of benzene rings is 1. The zero-order valence-electron chi connectivity index (χ0n) is 13.1. The molecule has 1 aliphatic heterocycles. The van der Waals surface area contributed by atoms with Crippen LogP contribution in [0.15, 0.2) is 36.7 Å². The Morgan fingerprint density at radius 2 is 2.00 bits per heavy atom. The van der Waals surface area contributed by atoms with Gasteiger partial charge < -0.3 is 10.0 Å². The van der Waals surface area contributed by atoms with E-state index in [1.807, 2.05) is 0 Å². The normalized spacial score (nSPS) is 20.5. The molecular weight excluding hydrogens is 339 g/mol. The van der Waals surface area contributed by atoms with Gasteiger partial charge in [-0.25, -0.2) is 0 Å². The van der Waals surface area contributed by atoms with Crippen LogP contribution in [0.25, 0.3) is 0 Å². The predicted molar refractivity (Wildman–Crippen MR) is 79.9 cm³/mol. The van der Waals surface area contributed by atoms with Crippen LogP contribution < -0.4 is 0 Å². The first-order valence-electron chi connectivity index (χ1n) is 7.37. The average molecular weight is 353 g/mol. The number of carbonyl (C=O) groups is 2. The van der Waals surface area contributed by atoms with E-state index in [9.17, 15) is 27.9 Å². The molecular formula is C16H14F3N3O3. The monoisotopic (exact) mass is 353 g/mol. The lowest BCUT2D eigenvalue weighted by Crippen LogP contribution is -2.48. The topological polar surface area (TPSA) is 75.4 Å². The molecule has 25 heavy (non-hydrogen) atoms. The molecule has 2 heterocycles. The lowest BCUT2D eigenvalue weighted by molar-refractivity contribution is -0.153. The van der Waals surface area contributed by atoms with Crippen molar-refractivity contribution >= 4 is 11.9 Å². The number of alkyl halides is 3. The van der Waals surface area contributed by atoms with Crippen molar-refractivity contribution in [2.75, 3.05) is 6.54 Å². The summed E-state index contributed by atoms with van der Waals surface area (Å²) in [5.74, 6) is -3.47. The standard InChI is InChI=1S/C16H14F3N3O3/c1-21-7-9(6-20-21)13-12(15(24)25)10-4-2-3-5-11(10)14(23)22(13)8-16(17,18)19/h2-7,12-13H,8H2,1H3,(H,24,25). The number of hydrogen-bond donors (Lipinski definition) is 1. The highest BCUT2D eigenvalue weighted by molar-refractivity contribution is 6.00. The molecule has 2 atom stereocenters. The Kier molecular flexibility index (Phi) is 4.02. The van der Waals surface area contributed by atoms with Crippen molar-refractivity contribution in [2.24, 2.45) is 7.05 Å². The largest absolute Gasteiger partial charge is 0.481 e. The van der Waals surface area contributed by atoms with Crippen LogP contribution in [0, 0.1) is 0 Å². The molecule has 0 fully saturated rings. The number of halogens is 3. The Morgan fingerprint density at radius 3 is 2.56 bits per heavy atom. The first kappa shape index (κ1) is 17.0. The predicted octanol–water partition coefficient (Wildman–Crippen LogP) is 2.35. The van der Waals surface area contributed by atoms with Crippen molar-refractivity contribution in [3.05, 3.63) is 53.3 Å². The van der Waals surface area contributed by atoms with Crippen molar-refractivity contribution in [2.45, 2.75) is 18.1 Å². The van der Waals surface area contributed by atoms with Crippen LogP contribution in [0.2, 0.25) is 0 Å². The van der Waals surface area contributed by atoms with Crippen LogP contribution in [0.4, 0.5) is 13.2 Å². The molecule has 0 bridgehead atoms. The summed E-state index contributed by atoms with van der Waals surface area (Å²) >= 11 is 0. The highest BCUT2D eigenvalue weighted by Gasteiger charge is 2.48. The molecule has 1 amide bonds. The molecule has 2 aromatic rings. The second-order valence-electron chi connectivity index (χ2n) is 5.84. The summed E-state index contributed by atoms with van der Waals surface area (Å²) in [6.45, 7) is -1.54. The van der Waals surface area contributed by atoms with Crippen LogP contribution in [-0.2, 0) is 11.8 Å². The minimum atomic E-state index is -4.66. The number of carbonyl (C=O) groups excluding carboxylic acids is 1. The fraction of sp³-hybridized carbons (Fsp3) is 0.312. The number of carboxylic acid groups (broad SMARTS) is 1. The molecule has 9 heteroatoms. The van der Waals surface area contributed by atoms with Gasteiger partial charge in [-0.1, -0.05) is 18.2 Å². The molecule has 1 aliphatic rings. The van der Waals surface area contributed by atoms with E-state index in [0.717, 1.165) is 0 Å². The van der Waals surface area contributed by atoms with Crippen molar-refractivity contribution in [1.82, 2.24) is 14.7 Å². The number of hydrogen-bond acceptors (Lipinski definition) is 3. The molecule has 0 saturated heterocycles. The van der Waals surface area contributed by atoms with Crippen molar-refractivity contribution < 1.29 is 27.9 Å². The van der Waals surface area contributed by atoms with Gasteiger partial charge in [0.15, 0.2) is 0 Å². The van der Waals surface area contributed by atoms with E-state index in [1.54, 1.807) is 13.1 Å². The van der Waals surface area contributed by atoms with Crippen LogP contribution in [0.3, 0.4) is 0 Å². The van der Waals surface area contributed by atoms with E-state index in [2.05, 4.69) is 5.10 Å². The maximum Gasteiger partial charge on any atom is 0.406 e. The molecule has 2 unspecified atom stereocenters. The molecule has 1 aromatic heterocycles. The molecule has 1 N–H and O–H groups in total. The fourth-order valence-electron chi connectivity index (χ4n) is 3.19. The number of nitrogens with zero attached hydrogens (tertiary/aromatic N) is 3. The maximum atomic E-state index is 13.0. The lowest BCUT2D eigenvalue weighted by Gasteiger charge is -2.40. The van der Waals surface area contributed by atoms with Gasteiger partial charge in [-0.05, 0) is 11.6 Å². The Hall–Kier alpha value is -2.84. The number of aliphatic carboxylic acids is 1. The van der Waals surface area contributed by atoms with Crippen LogP contribution >= 0.6 is 0 Å². The Labute approximate surface area is 140 Å². The number of carboxylic acids is 1. The van der Waals surface area contributed by atoms with Crippen molar-refractivity contribution in [3.8, 4) is 0 Å². The minimum Gasteiger partial charge on any atom is -0.481 e. The average Bonchev–Trinajstić information content (AvgIpc) is 2.94. The van der Waals surface area contributed by atoms with E-state index < -0.39 is 36.6 Å². The van der Waals surface area contributed by atoms with Gasteiger partial charge in [0.1, 0.15) is 12.5 Å². The zero-order valence-corrected chi connectivity index (χ0v) is 13.1. The molecule has 0 radical (unpaired) electrons. The molecule has 1 aromatic carbocycles.